The number of carbonyl (C=O) groups excluding carboxylic acids is 1. The largest absolute Gasteiger partial charge is 0.356 e. The van der Waals surface area contributed by atoms with Gasteiger partial charge in [-0.3, -0.25) is 4.79 Å². The lowest BCUT2D eigenvalue weighted by Crippen LogP contribution is -2.44. The van der Waals surface area contributed by atoms with Gasteiger partial charge in [0, 0.05) is 40.0 Å². The molecule has 1 spiro atoms. The number of aliphatic imine (C=N–C) groups is 1. The standard InChI is InChI=1S/C18H34N4O3/c1-14(2)10-19-17(21-12-16(23)22(3)4)20-11-15-13-24-18(25-15)8-6-5-7-9-18/h14-15H,5-13H2,1-4H3,(H2,19,20,21). The van der Waals surface area contributed by atoms with Crippen LogP contribution in [-0.2, 0) is 14.3 Å². The Morgan fingerprint density at radius 2 is 1.96 bits per heavy atom. The fourth-order valence-electron chi connectivity index (χ4n) is 3.04. The molecule has 1 aliphatic heterocycles. The summed E-state index contributed by atoms with van der Waals surface area (Å²) in [7, 11) is 3.47. The number of guanidine groups is 1. The monoisotopic (exact) mass is 354 g/mol. The van der Waals surface area contributed by atoms with Gasteiger partial charge in [0.15, 0.2) is 11.7 Å². The molecule has 7 heteroatoms. The van der Waals surface area contributed by atoms with Crippen LogP contribution in [0.3, 0.4) is 0 Å². The summed E-state index contributed by atoms with van der Waals surface area (Å²) >= 11 is 0. The number of carbonyl (C=O) groups is 1. The molecular formula is C18H34N4O3. The number of likely N-dealkylation sites (N-methyl/N-ethyl adjacent to an activating group) is 1. The third-order valence-corrected chi connectivity index (χ3v) is 4.58. The summed E-state index contributed by atoms with van der Waals surface area (Å²) in [6, 6.07) is 0. The number of hydrogen-bond donors (Lipinski definition) is 2. The number of nitrogens with zero attached hydrogens (tertiary/aromatic N) is 2. The normalized spacial score (nSPS) is 23.1. The van der Waals surface area contributed by atoms with E-state index in [9.17, 15) is 4.79 Å². The van der Waals surface area contributed by atoms with Crippen LogP contribution >= 0.6 is 0 Å². The molecule has 1 heterocycles. The summed E-state index contributed by atoms with van der Waals surface area (Å²) in [5.74, 6) is 0.770. The number of rotatable bonds is 6. The van der Waals surface area contributed by atoms with Crippen LogP contribution in [-0.4, -0.2) is 69.0 Å². The Balaban J connectivity index is 1.84. The molecule has 0 bridgehead atoms. The van der Waals surface area contributed by atoms with Gasteiger partial charge in [0.2, 0.25) is 5.91 Å². The van der Waals surface area contributed by atoms with Crippen LogP contribution in [0, 0.1) is 5.92 Å². The van der Waals surface area contributed by atoms with Gasteiger partial charge in [0.25, 0.3) is 0 Å². The maximum Gasteiger partial charge on any atom is 0.243 e. The number of ether oxygens (including phenoxy) is 2. The SMILES string of the molecule is CC(C)CNC(=NCC(=O)N(C)C)NCC1COC2(CCCCC2)O1. The zero-order valence-corrected chi connectivity index (χ0v) is 16.1. The van der Waals surface area contributed by atoms with Crippen LogP contribution in [0.1, 0.15) is 46.0 Å². The molecule has 2 rings (SSSR count). The van der Waals surface area contributed by atoms with Gasteiger partial charge < -0.3 is 25.0 Å². The minimum Gasteiger partial charge on any atom is -0.356 e. The molecule has 1 saturated carbocycles. The predicted molar refractivity (Wildman–Crippen MR) is 98.5 cm³/mol. The van der Waals surface area contributed by atoms with E-state index >= 15 is 0 Å². The highest BCUT2D eigenvalue weighted by atomic mass is 16.7. The fourth-order valence-corrected chi connectivity index (χ4v) is 3.04. The summed E-state index contributed by atoms with van der Waals surface area (Å²) in [5, 5.41) is 6.58. The summed E-state index contributed by atoms with van der Waals surface area (Å²) in [5.41, 5.74) is 0. The predicted octanol–water partition coefficient (Wildman–Crippen LogP) is 1.34. The molecule has 0 aromatic carbocycles. The van der Waals surface area contributed by atoms with Crippen LogP contribution in [0.15, 0.2) is 4.99 Å². The summed E-state index contributed by atoms with van der Waals surface area (Å²) in [6.45, 7) is 6.44. The molecule has 0 aromatic heterocycles. The number of amides is 1. The second kappa shape index (κ2) is 9.38. The molecule has 25 heavy (non-hydrogen) atoms. The molecule has 2 N–H and O–H groups in total. The smallest absolute Gasteiger partial charge is 0.243 e. The Kier molecular flexibility index (Phi) is 7.50. The van der Waals surface area contributed by atoms with E-state index in [1.54, 1.807) is 19.0 Å². The lowest BCUT2D eigenvalue weighted by Gasteiger charge is -2.31. The zero-order valence-electron chi connectivity index (χ0n) is 16.1. The van der Waals surface area contributed by atoms with Crippen molar-refractivity contribution in [3.63, 3.8) is 0 Å². The van der Waals surface area contributed by atoms with Crippen LogP contribution in [0.2, 0.25) is 0 Å². The quantitative estimate of drug-likeness (QED) is 0.556. The van der Waals surface area contributed by atoms with Crippen molar-refractivity contribution in [3.8, 4) is 0 Å². The average Bonchev–Trinajstić information content (AvgIpc) is 2.96. The summed E-state index contributed by atoms with van der Waals surface area (Å²) in [4.78, 5) is 17.7. The molecule has 1 atom stereocenters. The highest BCUT2D eigenvalue weighted by Gasteiger charge is 2.42. The highest BCUT2D eigenvalue weighted by Crippen LogP contribution is 2.37. The van der Waals surface area contributed by atoms with E-state index < -0.39 is 0 Å². The fraction of sp³-hybridized carbons (Fsp3) is 0.889. The molecule has 0 radical (unpaired) electrons. The van der Waals surface area contributed by atoms with Crippen LogP contribution in [0.25, 0.3) is 0 Å². The van der Waals surface area contributed by atoms with Crippen molar-refractivity contribution < 1.29 is 14.3 Å². The molecule has 144 valence electrons. The van der Waals surface area contributed by atoms with E-state index in [-0.39, 0.29) is 24.3 Å². The number of nitrogens with one attached hydrogen (secondary N) is 2. The van der Waals surface area contributed by atoms with Gasteiger partial charge in [0.1, 0.15) is 12.6 Å². The van der Waals surface area contributed by atoms with E-state index in [0.29, 0.717) is 25.0 Å². The Labute approximate surface area is 151 Å². The van der Waals surface area contributed by atoms with Crippen LogP contribution < -0.4 is 10.6 Å². The van der Waals surface area contributed by atoms with Crippen molar-refractivity contribution >= 4 is 11.9 Å². The van der Waals surface area contributed by atoms with E-state index in [0.717, 1.165) is 19.4 Å². The maximum absolute atomic E-state index is 11.8. The molecule has 7 nitrogen and oxygen atoms in total. The first-order valence-corrected chi connectivity index (χ1v) is 9.44. The van der Waals surface area contributed by atoms with Gasteiger partial charge >= 0.3 is 0 Å². The lowest BCUT2D eigenvalue weighted by atomic mass is 9.94. The molecule has 2 aliphatic rings. The molecule has 1 amide bonds. The Hall–Kier alpha value is -1.34. The third-order valence-electron chi connectivity index (χ3n) is 4.58. The van der Waals surface area contributed by atoms with Crippen molar-refractivity contribution in [2.45, 2.75) is 57.8 Å². The van der Waals surface area contributed by atoms with Crippen molar-refractivity contribution in [1.82, 2.24) is 15.5 Å². The van der Waals surface area contributed by atoms with Gasteiger partial charge in [0.05, 0.1) is 6.61 Å². The Morgan fingerprint density at radius 1 is 1.24 bits per heavy atom. The second-order valence-electron chi connectivity index (χ2n) is 7.63. The van der Waals surface area contributed by atoms with Gasteiger partial charge in [-0.25, -0.2) is 4.99 Å². The Morgan fingerprint density at radius 3 is 2.60 bits per heavy atom. The lowest BCUT2D eigenvalue weighted by molar-refractivity contribution is -0.186. The molecule has 1 unspecified atom stereocenters. The van der Waals surface area contributed by atoms with Crippen molar-refractivity contribution in [2.24, 2.45) is 10.9 Å². The van der Waals surface area contributed by atoms with Gasteiger partial charge in [-0.2, -0.15) is 0 Å². The topological polar surface area (TPSA) is 75.2 Å². The van der Waals surface area contributed by atoms with Gasteiger partial charge in [-0.15, -0.1) is 0 Å². The van der Waals surface area contributed by atoms with E-state index in [4.69, 9.17) is 9.47 Å². The average molecular weight is 354 g/mol. The first kappa shape index (κ1) is 20.0. The molecule has 0 aromatic rings. The maximum atomic E-state index is 11.8. The number of hydrogen-bond acceptors (Lipinski definition) is 4. The summed E-state index contributed by atoms with van der Waals surface area (Å²) < 4.78 is 12.2. The molecule has 2 fully saturated rings. The van der Waals surface area contributed by atoms with Crippen LogP contribution in [0.4, 0.5) is 0 Å². The zero-order chi connectivity index (χ0) is 18.3. The van der Waals surface area contributed by atoms with Gasteiger partial charge in [-0.1, -0.05) is 20.3 Å². The minimum atomic E-state index is -0.353. The Bertz CT molecular complexity index is 459. The van der Waals surface area contributed by atoms with Crippen molar-refractivity contribution in [1.29, 1.82) is 0 Å². The molecule has 1 saturated heterocycles. The molecule has 1 aliphatic carbocycles. The van der Waals surface area contributed by atoms with Crippen molar-refractivity contribution in [3.05, 3.63) is 0 Å². The van der Waals surface area contributed by atoms with E-state index in [2.05, 4.69) is 29.5 Å². The van der Waals surface area contributed by atoms with Crippen LogP contribution in [0.5, 0.6) is 0 Å². The second-order valence-corrected chi connectivity index (χ2v) is 7.63. The van der Waals surface area contributed by atoms with E-state index in [1.165, 1.54) is 19.3 Å². The third kappa shape index (κ3) is 6.47. The van der Waals surface area contributed by atoms with Gasteiger partial charge in [-0.05, 0) is 18.8 Å². The highest BCUT2D eigenvalue weighted by molar-refractivity contribution is 5.84. The van der Waals surface area contributed by atoms with Crippen molar-refractivity contribution in [2.75, 3.05) is 40.3 Å². The van der Waals surface area contributed by atoms with E-state index in [1.807, 2.05) is 0 Å². The first-order valence-electron chi connectivity index (χ1n) is 9.44. The first-order chi connectivity index (χ1) is 11.9. The minimum absolute atomic E-state index is 0.0211. The molecular weight excluding hydrogens is 320 g/mol. The summed E-state index contributed by atoms with van der Waals surface area (Å²) in [6.07, 6.45) is 5.63.